The lowest BCUT2D eigenvalue weighted by atomic mass is 9.95. The quantitative estimate of drug-likeness (QED) is 0.825. The number of esters is 1. The van der Waals surface area contributed by atoms with E-state index in [9.17, 15) is 9.59 Å². The molecule has 1 N–H and O–H groups in total. The Morgan fingerprint density at radius 1 is 1.12 bits per heavy atom. The maximum Gasteiger partial charge on any atom is 0.337 e. The molecule has 2 aromatic rings. The van der Waals surface area contributed by atoms with E-state index in [1.807, 2.05) is 24.3 Å². The second-order valence-corrected chi connectivity index (χ2v) is 6.74. The molecule has 3 rings (SSSR count). The average molecular weight is 373 g/mol. The number of carbonyl (C=O) groups excluding carboxylic acids is 2. The van der Waals surface area contributed by atoms with E-state index in [-0.39, 0.29) is 11.8 Å². The molecule has 26 heavy (non-hydrogen) atoms. The molecule has 0 spiro atoms. The highest BCUT2D eigenvalue weighted by Gasteiger charge is 2.25. The predicted molar refractivity (Wildman–Crippen MR) is 103 cm³/mol. The lowest BCUT2D eigenvalue weighted by molar-refractivity contribution is -0.120. The van der Waals surface area contributed by atoms with Crippen molar-refractivity contribution < 1.29 is 14.3 Å². The number of piperidine rings is 1. The van der Waals surface area contributed by atoms with Crippen molar-refractivity contribution in [2.45, 2.75) is 12.8 Å². The summed E-state index contributed by atoms with van der Waals surface area (Å²) in [6.07, 6.45) is 1.58. The molecule has 6 heteroatoms. The van der Waals surface area contributed by atoms with Crippen molar-refractivity contribution in [1.29, 1.82) is 0 Å². The van der Waals surface area contributed by atoms with Crippen LogP contribution in [0.5, 0.6) is 0 Å². The highest BCUT2D eigenvalue weighted by Crippen LogP contribution is 2.26. The van der Waals surface area contributed by atoms with E-state index in [2.05, 4.69) is 15.0 Å². The Balaban J connectivity index is 1.54. The van der Waals surface area contributed by atoms with Gasteiger partial charge in [0, 0.05) is 35.4 Å². The van der Waals surface area contributed by atoms with E-state index in [4.69, 9.17) is 11.6 Å². The molecule has 0 bridgehead atoms. The minimum Gasteiger partial charge on any atom is -0.465 e. The lowest BCUT2D eigenvalue weighted by Crippen LogP contribution is -2.38. The third-order valence-electron chi connectivity index (χ3n) is 4.61. The zero-order valence-electron chi connectivity index (χ0n) is 14.6. The van der Waals surface area contributed by atoms with Crippen molar-refractivity contribution in [2.24, 2.45) is 5.92 Å². The number of ether oxygens (including phenoxy) is 1. The maximum absolute atomic E-state index is 12.5. The smallest absolute Gasteiger partial charge is 0.337 e. The van der Waals surface area contributed by atoms with Crippen LogP contribution in [0.15, 0.2) is 48.5 Å². The first kappa shape index (κ1) is 18.3. The van der Waals surface area contributed by atoms with Crippen molar-refractivity contribution in [3.63, 3.8) is 0 Å². The summed E-state index contributed by atoms with van der Waals surface area (Å²) in [5.74, 6) is -0.399. The third kappa shape index (κ3) is 4.35. The first-order valence-electron chi connectivity index (χ1n) is 8.56. The fourth-order valence-corrected chi connectivity index (χ4v) is 3.31. The highest BCUT2D eigenvalue weighted by molar-refractivity contribution is 6.30. The van der Waals surface area contributed by atoms with Gasteiger partial charge in [-0.1, -0.05) is 17.7 Å². The molecule has 1 amide bonds. The summed E-state index contributed by atoms with van der Waals surface area (Å²) in [4.78, 5) is 26.2. The number of carbonyl (C=O) groups is 2. The van der Waals surface area contributed by atoms with Crippen LogP contribution in [0.2, 0.25) is 5.02 Å². The van der Waals surface area contributed by atoms with Gasteiger partial charge in [0.05, 0.1) is 12.7 Å². The number of nitrogens with one attached hydrogen (secondary N) is 1. The summed E-state index contributed by atoms with van der Waals surface area (Å²) in [5, 5.41) is 3.65. The first-order valence-corrected chi connectivity index (χ1v) is 8.94. The van der Waals surface area contributed by atoms with Gasteiger partial charge in [-0.25, -0.2) is 4.79 Å². The molecule has 1 aliphatic rings. The van der Waals surface area contributed by atoms with Crippen LogP contribution in [-0.2, 0) is 9.53 Å². The van der Waals surface area contributed by atoms with Gasteiger partial charge in [0.25, 0.3) is 0 Å². The second kappa shape index (κ2) is 8.23. The van der Waals surface area contributed by atoms with E-state index in [1.165, 1.54) is 7.11 Å². The van der Waals surface area contributed by atoms with Crippen molar-refractivity contribution in [3.05, 3.63) is 59.1 Å². The molecule has 1 saturated heterocycles. The summed E-state index contributed by atoms with van der Waals surface area (Å²) in [6.45, 7) is 1.64. The minimum atomic E-state index is -0.392. The molecule has 2 aromatic carbocycles. The van der Waals surface area contributed by atoms with Crippen molar-refractivity contribution in [3.8, 4) is 0 Å². The fraction of sp³-hybridized carbons (Fsp3) is 0.300. The average Bonchev–Trinajstić information content (AvgIpc) is 2.68. The number of nitrogens with zero attached hydrogens (tertiary/aromatic N) is 1. The van der Waals surface area contributed by atoms with Gasteiger partial charge in [-0.2, -0.15) is 0 Å². The molecule has 0 aliphatic carbocycles. The Labute approximate surface area is 157 Å². The van der Waals surface area contributed by atoms with Gasteiger partial charge in [-0.3, -0.25) is 4.79 Å². The second-order valence-electron chi connectivity index (χ2n) is 6.30. The van der Waals surface area contributed by atoms with E-state index < -0.39 is 5.97 Å². The third-order valence-corrected chi connectivity index (χ3v) is 4.85. The van der Waals surface area contributed by atoms with Crippen LogP contribution >= 0.6 is 11.6 Å². The Bertz CT molecular complexity index is 784. The predicted octanol–water partition coefficient (Wildman–Crippen LogP) is 3.98. The number of halogens is 1. The Hall–Kier alpha value is -2.53. The van der Waals surface area contributed by atoms with Crippen molar-refractivity contribution in [2.75, 3.05) is 30.4 Å². The van der Waals surface area contributed by atoms with Gasteiger partial charge < -0.3 is 15.0 Å². The zero-order valence-corrected chi connectivity index (χ0v) is 15.3. The number of anilines is 2. The molecule has 0 radical (unpaired) electrons. The number of amides is 1. The molecule has 1 heterocycles. The Morgan fingerprint density at radius 2 is 1.81 bits per heavy atom. The molecule has 0 atom stereocenters. The largest absolute Gasteiger partial charge is 0.465 e. The number of methoxy groups -OCH3 is 1. The molecule has 136 valence electrons. The van der Waals surface area contributed by atoms with Gasteiger partial charge in [-0.15, -0.1) is 0 Å². The van der Waals surface area contributed by atoms with Crippen molar-refractivity contribution >= 4 is 34.9 Å². The highest BCUT2D eigenvalue weighted by atomic mass is 35.5. The normalized spacial score (nSPS) is 14.8. The van der Waals surface area contributed by atoms with Crippen LogP contribution in [0.1, 0.15) is 23.2 Å². The molecule has 0 saturated carbocycles. The summed E-state index contributed by atoms with van der Waals surface area (Å²) >= 11 is 6.05. The topological polar surface area (TPSA) is 58.6 Å². The Morgan fingerprint density at radius 3 is 2.42 bits per heavy atom. The molecule has 0 unspecified atom stereocenters. The van der Waals surface area contributed by atoms with Crippen LogP contribution < -0.4 is 10.2 Å². The molecule has 5 nitrogen and oxygen atoms in total. The molecule has 1 fully saturated rings. The Kier molecular flexibility index (Phi) is 5.78. The van der Waals surface area contributed by atoms with E-state index >= 15 is 0 Å². The number of hydrogen-bond acceptors (Lipinski definition) is 4. The number of hydrogen-bond donors (Lipinski definition) is 1. The van der Waals surface area contributed by atoms with Gasteiger partial charge in [0.2, 0.25) is 5.91 Å². The van der Waals surface area contributed by atoms with Crippen LogP contribution in [0, 0.1) is 5.92 Å². The first-order chi connectivity index (χ1) is 12.6. The van der Waals surface area contributed by atoms with Crippen molar-refractivity contribution in [1.82, 2.24) is 0 Å². The maximum atomic E-state index is 12.5. The van der Waals surface area contributed by atoms with Gasteiger partial charge in [0.15, 0.2) is 0 Å². The number of benzene rings is 2. The van der Waals surface area contributed by atoms with Crippen LogP contribution in [0.4, 0.5) is 11.4 Å². The fourth-order valence-electron chi connectivity index (χ4n) is 3.12. The monoisotopic (exact) mass is 372 g/mol. The molecular formula is C20H21ClN2O3. The summed E-state index contributed by atoms with van der Waals surface area (Å²) < 4.78 is 4.67. The summed E-state index contributed by atoms with van der Waals surface area (Å²) in [7, 11) is 1.34. The van der Waals surface area contributed by atoms with E-state index in [1.54, 1.807) is 24.3 Å². The molecule has 1 aliphatic heterocycles. The molecule has 0 aromatic heterocycles. The molecular weight excluding hydrogens is 352 g/mol. The van der Waals surface area contributed by atoms with Gasteiger partial charge in [-0.05, 0) is 55.3 Å². The van der Waals surface area contributed by atoms with E-state index in [0.29, 0.717) is 11.3 Å². The number of rotatable bonds is 4. The van der Waals surface area contributed by atoms with Crippen LogP contribution in [-0.4, -0.2) is 32.1 Å². The lowest BCUT2D eigenvalue weighted by Gasteiger charge is -2.33. The SMILES string of the molecule is COC(=O)c1ccc(NC(=O)C2CCN(c3cccc(Cl)c3)CC2)cc1. The van der Waals surface area contributed by atoms with Gasteiger partial charge >= 0.3 is 5.97 Å². The zero-order chi connectivity index (χ0) is 18.5. The van der Waals surface area contributed by atoms with Crippen LogP contribution in [0.3, 0.4) is 0 Å². The minimum absolute atomic E-state index is 0.0153. The summed E-state index contributed by atoms with van der Waals surface area (Å²) in [5.41, 5.74) is 2.23. The van der Waals surface area contributed by atoms with Gasteiger partial charge in [0.1, 0.15) is 0 Å². The summed E-state index contributed by atoms with van der Waals surface area (Å²) in [6, 6.07) is 14.5. The standard InChI is InChI=1S/C20H21ClN2O3/c1-26-20(25)15-5-7-17(8-6-15)22-19(24)14-9-11-23(12-10-14)18-4-2-3-16(21)13-18/h2-8,13-14H,9-12H2,1H3,(H,22,24). The van der Waals surface area contributed by atoms with E-state index in [0.717, 1.165) is 36.6 Å². The van der Waals surface area contributed by atoms with Crippen LogP contribution in [0.25, 0.3) is 0 Å².